The maximum atomic E-state index is 15.1. The minimum atomic E-state index is -1.48. The molecule has 0 unspecified atom stereocenters. The van der Waals surface area contributed by atoms with Crippen LogP contribution in [0.4, 0.5) is 5.69 Å². The zero-order chi connectivity index (χ0) is 31.6. The Labute approximate surface area is 261 Å². The van der Waals surface area contributed by atoms with Gasteiger partial charge in [0.2, 0.25) is 11.8 Å². The highest BCUT2D eigenvalue weighted by molar-refractivity contribution is 6.13. The first-order chi connectivity index (χ1) is 21.7. The average Bonchev–Trinajstić information content (AvgIpc) is 3.43. The van der Waals surface area contributed by atoms with Crippen molar-refractivity contribution < 1.29 is 29.0 Å². The summed E-state index contributed by atoms with van der Waals surface area (Å²) in [6.45, 7) is 4.01. The number of likely N-dealkylation sites (tertiary alicyclic amines) is 1. The van der Waals surface area contributed by atoms with Crippen LogP contribution in [0.3, 0.4) is 0 Å². The molecule has 3 fully saturated rings. The molecule has 3 aromatic rings. The van der Waals surface area contributed by atoms with Gasteiger partial charge in [0, 0.05) is 18.0 Å². The molecule has 0 aromatic heterocycles. The van der Waals surface area contributed by atoms with Crippen LogP contribution in [0.1, 0.15) is 42.4 Å². The number of nitrogens with one attached hydrogen (secondary N) is 1. The average molecular weight is 606 g/mol. The Balaban J connectivity index is 1.49. The molecule has 6 atom stereocenters. The number of carbonyl (C=O) groups is 4. The van der Waals surface area contributed by atoms with Gasteiger partial charge in [0.1, 0.15) is 11.5 Å². The molecule has 45 heavy (non-hydrogen) atoms. The van der Waals surface area contributed by atoms with Crippen molar-refractivity contribution in [3.05, 3.63) is 101 Å². The Morgan fingerprint density at radius 3 is 2.33 bits per heavy atom. The molecule has 0 spiro atoms. The molecule has 4 amide bonds. The lowest BCUT2D eigenvalue weighted by Crippen LogP contribution is -2.53. The zero-order valence-corrected chi connectivity index (χ0v) is 25.4. The minimum Gasteiger partial charge on any atom is -0.508 e. The van der Waals surface area contributed by atoms with E-state index in [9.17, 15) is 19.5 Å². The van der Waals surface area contributed by atoms with Gasteiger partial charge in [-0.05, 0) is 62.4 Å². The molecule has 4 aliphatic rings. The maximum Gasteiger partial charge on any atom is 0.260 e. The number of hydrazine groups is 1. The van der Waals surface area contributed by atoms with Gasteiger partial charge in [-0.25, -0.2) is 0 Å². The smallest absolute Gasteiger partial charge is 0.260 e. The van der Waals surface area contributed by atoms with Crippen LogP contribution in [0.25, 0.3) is 0 Å². The number of aryl methyl sites for hydroxylation is 1. The summed E-state index contributed by atoms with van der Waals surface area (Å²) < 4.78 is 5.80. The number of amides is 4. The predicted molar refractivity (Wildman–Crippen MR) is 166 cm³/mol. The van der Waals surface area contributed by atoms with Crippen LogP contribution in [0, 0.1) is 30.6 Å². The molecule has 1 saturated carbocycles. The molecule has 2 N–H and O–H groups in total. The summed E-state index contributed by atoms with van der Waals surface area (Å²) in [6, 6.07) is 21.6. The fourth-order valence-corrected chi connectivity index (χ4v) is 8.44. The first-order valence-corrected chi connectivity index (χ1v) is 15.4. The van der Waals surface area contributed by atoms with Crippen molar-refractivity contribution in [2.75, 3.05) is 19.1 Å². The number of hydrogen-bond donors (Lipinski definition) is 2. The number of phenolic OH excluding ortho intramolecular Hbond substituents is 1. The zero-order valence-electron chi connectivity index (χ0n) is 25.4. The molecule has 7 rings (SSSR count). The molecule has 230 valence electrons. The Kier molecular flexibility index (Phi) is 6.80. The lowest BCUT2D eigenvalue weighted by Gasteiger charge is -2.50. The van der Waals surface area contributed by atoms with E-state index in [4.69, 9.17) is 4.74 Å². The van der Waals surface area contributed by atoms with Crippen LogP contribution in [0.2, 0.25) is 0 Å². The van der Waals surface area contributed by atoms with Crippen molar-refractivity contribution in [1.82, 2.24) is 9.91 Å². The van der Waals surface area contributed by atoms with Crippen LogP contribution in [0.15, 0.2) is 84.4 Å². The SMILES string of the molecule is CCN1C(=O)[C@H]2[C@H](CC=C3[C@H]2C[C@H]2C(=O)N(Nc4ccc(C)cc4)C(=O)[C@@]2(c2ccccc2)[C@H]3c2c(O)cccc2OC)C1=O. The van der Waals surface area contributed by atoms with Crippen LogP contribution in [0.5, 0.6) is 11.5 Å². The second kappa shape index (κ2) is 10.6. The Hall–Kier alpha value is -4.92. The highest BCUT2D eigenvalue weighted by Crippen LogP contribution is 2.65. The molecule has 2 aliphatic carbocycles. The lowest BCUT2D eigenvalue weighted by atomic mass is 9.49. The van der Waals surface area contributed by atoms with Gasteiger partial charge >= 0.3 is 0 Å². The van der Waals surface area contributed by atoms with E-state index in [1.54, 1.807) is 25.1 Å². The molecule has 3 aromatic carbocycles. The van der Waals surface area contributed by atoms with E-state index in [1.165, 1.54) is 12.0 Å². The molecular formula is C36H35N3O6. The molecule has 9 nitrogen and oxygen atoms in total. The summed E-state index contributed by atoms with van der Waals surface area (Å²) in [5.41, 5.74) is 4.99. The van der Waals surface area contributed by atoms with E-state index in [0.717, 1.165) is 16.1 Å². The molecular weight excluding hydrogens is 570 g/mol. The summed E-state index contributed by atoms with van der Waals surface area (Å²) in [4.78, 5) is 58.2. The van der Waals surface area contributed by atoms with Crippen molar-refractivity contribution >= 4 is 29.3 Å². The van der Waals surface area contributed by atoms with Crippen molar-refractivity contribution in [2.45, 2.75) is 38.0 Å². The standard InChI is InChI=1S/C36H35N3O6/c1-4-38-32(41)24-18-17-23-25(29(24)34(38)43)19-26-33(42)39(37-22-15-13-20(2)14-16-22)35(44)36(26,21-9-6-5-7-10-21)31(23)30-27(40)11-8-12-28(30)45-3/h5-17,24-26,29,31,37,40H,4,18-19H2,1-3H3/t24-,25+,26-,29-,31+,36+/m0/s1. The van der Waals surface area contributed by atoms with Gasteiger partial charge in [0.15, 0.2) is 0 Å². The van der Waals surface area contributed by atoms with E-state index in [0.29, 0.717) is 29.0 Å². The number of methoxy groups -OCH3 is 1. The Bertz CT molecular complexity index is 1750. The third-order valence-corrected chi connectivity index (χ3v) is 10.4. The fraction of sp³-hybridized carbons (Fsp3) is 0.333. The summed E-state index contributed by atoms with van der Waals surface area (Å²) in [5.74, 6) is -4.48. The van der Waals surface area contributed by atoms with Gasteiger partial charge in [-0.3, -0.25) is 29.5 Å². The minimum absolute atomic E-state index is 0.0775. The Morgan fingerprint density at radius 2 is 1.64 bits per heavy atom. The first kappa shape index (κ1) is 28.8. The maximum absolute atomic E-state index is 15.1. The lowest BCUT2D eigenvalue weighted by molar-refractivity contribution is -0.141. The van der Waals surface area contributed by atoms with Crippen LogP contribution in [-0.2, 0) is 24.6 Å². The van der Waals surface area contributed by atoms with Gasteiger partial charge in [-0.15, -0.1) is 0 Å². The molecule has 0 bridgehead atoms. The number of aromatic hydroxyl groups is 1. The Morgan fingerprint density at radius 1 is 0.911 bits per heavy atom. The van der Waals surface area contributed by atoms with Crippen molar-refractivity contribution in [3.63, 3.8) is 0 Å². The second-order valence-corrected chi connectivity index (χ2v) is 12.4. The molecule has 2 aliphatic heterocycles. The number of rotatable bonds is 6. The van der Waals surface area contributed by atoms with Crippen molar-refractivity contribution in [3.8, 4) is 11.5 Å². The number of allylic oxidation sites excluding steroid dienone is 2. The van der Waals surface area contributed by atoms with Gasteiger partial charge in [0.05, 0.1) is 36.0 Å². The fourth-order valence-electron chi connectivity index (χ4n) is 8.44. The number of imide groups is 2. The van der Waals surface area contributed by atoms with Crippen LogP contribution < -0.4 is 10.2 Å². The topological polar surface area (TPSA) is 116 Å². The van der Waals surface area contributed by atoms with E-state index >= 15 is 4.79 Å². The largest absolute Gasteiger partial charge is 0.508 e. The summed E-state index contributed by atoms with van der Waals surface area (Å²) in [7, 11) is 1.50. The van der Waals surface area contributed by atoms with Gasteiger partial charge < -0.3 is 9.84 Å². The summed E-state index contributed by atoms with van der Waals surface area (Å²) in [5, 5.41) is 12.6. The summed E-state index contributed by atoms with van der Waals surface area (Å²) in [6.07, 6.45) is 2.50. The van der Waals surface area contributed by atoms with Crippen molar-refractivity contribution in [1.29, 1.82) is 0 Å². The number of carbonyl (C=O) groups excluding carboxylic acids is 4. The van der Waals surface area contributed by atoms with E-state index in [-0.39, 0.29) is 30.5 Å². The second-order valence-electron chi connectivity index (χ2n) is 12.4. The third-order valence-electron chi connectivity index (χ3n) is 10.4. The predicted octanol–water partition coefficient (Wildman–Crippen LogP) is 4.71. The van der Waals surface area contributed by atoms with Crippen LogP contribution in [-0.4, -0.2) is 52.3 Å². The number of fused-ring (bicyclic) bond motifs is 4. The van der Waals surface area contributed by atoms with Gasteiger partial charge in [-0.2, -0.15) is 5.01 Å². The van der Waals surface area contributed by atoms with Crippen LogP contribution >= 0.6 is 0 Å². The monoisotopic (exact) mass is 605 g/mol. The highest BCUT2D eigenvalue weighted by Gasteiger charge is 2.71. The summed E-state index contributed by atoms with van der Waals surface area (Å²) >= 11 is 0. The molecule has 2 saturated heterocycles. The number of benzene rings is 3. The van der Waals surface area contributed by atoms with Gasteiger partial charge in [-0.1, -0.05) is 65.7 Å². The number of anilines is 1. The quantitative estimate of drug-likeness (QED) is 0.309. The number of hydrogen-bond acceptors (Lipinski definition) is 7. The van der Waals surface area contributed by atoms with Gasteiger partial charge in [0.25, 0.3) is 11.8 Å². The van der Waals surface area contributed by atoms with E-state index in [1.807, 2.05) is 67.6 Å². The molecule has 9 heteroatoms. The third kappa shape index (κ3) is 3.99. The normalized spacial score (nSPS) is 28.9. The molecule has 2 heterocycles. The molecule has 0 radical (unpaired) electrons. The number of phenols is 1. The van der Waals surface area contributed by atoms with E-state index in [2.05, 4.69) is 5.43 Å². The first-order valence-electron chi connectivity index (χ1n) is 15.4. The number of nitrogens with zero attached hydrogens (tertiary/aromatic N) is 2. The highest BCUT2D eigenvalue weighted by atomic mass is 16.5. The number of ether oxygens (including phenoxy) is 1. The van der Waals surface area contributed by atoms with E-state index < -0.39 is 46.8 Å². The van der Waals surface area contributed by atoms with Crippen molar-refractivity contribution in [2.24, 2.45) is 23.7 Å².